The average molecular weight is 436 g/mol. The number of aromatic nitrogens is 2. The van der Waals surface area contributed by atoms with Gasteiger partial charge in [0.25, 0.3) is 0 Å². The quantitative estimate of drug-likeness (QED) is 0.393. The molecule has 1 aliphatic rings. The zero-order valence-corrected chi connectivity index (χ0v) is 19.9. The van der Waals surface area contributed by atoms with Gasteiger partial charge in [-0.1, -0.05) is 81.3 Å². The van der Waals surface area contributed by atoms with Crippen molar-refractivity contribution in [1.82, 2.24) is 14.5 Å². The number of rotatable bonds is 8. The lowest BCUT2D eigenvalue weighted by Crippen LogP contribution is -2.31. The molecule has 3 aromatic rings. The predicted molar refractivity (Wildman–Crippen MR) is 131 cm³/mol. The molecular weight excluding hydrogens is 402 g/mol. The van der Waals surface area contributed by atoms with Crippen LogP contribution in [0.4, 0.5) is 0 Å². The second-order valence-electron chi connectivity index (χ2n) is 8.57. The molecule has 0 saturated heterocycles. The molecule has 0 fully saturated rings. The largest absolute Gasteiger partial charge is 0.325 e. The molecule has 4 rings (SSSR count). The number of nitrogens with zero attached hydrogens (tertiary/aromatic N) is 3. The highest BCUT2D eigenvalue weighted by molar-refractivity contribution is 6.30. The van der Waals surface area contributed by atoms with Gasteiger partial charge in [-0.3, -0.25) is 4.90 Å². The van der Waals surface area contributed by atoms with Gasteiger partial charge in [0.15, 0.2) is 5.15 Å². The molecule has 2 aromatic carbocycles. The Balaban J connectivity index is 1.73. The molecule has 1 aromatic heterocycles. The van der Waals surface area contributed by atoms with E-state index in [1.165, 1.54) is 27.8 Å². The van der Waals surface area contributed by atoms with Crippen molar-refractivity contribution in [3.8, 4) is 11.4 Å². The van der Waals surface area contributed by atoms with Gasteiger partial charge in [-0.25, -0.2) is 4.98 Å². The first kappa shape index (κ1) is 22.1. The second kappa shape index (κ2) is 10.0. The summed E-state index contributed by atoms with van der Waals surface area (Å²) >= 11 is 6.83. The van der Waals surface area contributed by atoms with Crippen molar-refractivity contribution in [1.29, 1.82) is 0 Å². The van der Waals surface area contributed by atoms with Gasteiger partial charge in [0.1, 0.15) is 5.82 Å². The van der Waals surface area contributed by atoms with Gasteiger partial charge in [-0.2, -0.15) is 0 Å². The maximum absolute atomic E-state index is 6.83. The van der Waals surface area contributed by atoms with E-state index >= 15 is 0 Å². The van der Waals surface area contributed by atoms with Crippen LogP contribution in [-0.4, -0.2) is 21.0 Å². The lowest BCUT2D eigenvalue weighted by Gasteiger charge is -2.29. The topological polar surface area (TPSA) is 21.1 Å². The van der Waals surface area contributed by atoms with Crippen LogP contribution in [0.5, 0.6) is 0 Å². The Morgan fingerprint density at radius 1 is 0.935 bits per heavy atom. The summed E-state index contributed by atoms with van der Waals surface area (Å²) < 4.78 is 2.42. The molecule has 0 aliphatic carbocycles. The van der Waals surface area contributed by atoms with E-state index in [-0.39, 0.29) is 0 Å². The summed E-state index contributed by atoms with van der Waals surface area (Å²) in [7, 11) is 0. The lowest BCUT2D eigenvalue weighted by molar-refractivity contribution is 0.239. The highest BCUT2D eigenvalue weighted by Gasteiger charge is 2.24. The van der Waals surface area contributed by atoms with Crippen LogP contribution in [-0.2, 0) is 38.9 Å². The molecule has 31 heavy (non-hydrogen) atoms. The van der Waals surface area contributed by atoms with E-state index < -0.39 is 0 Å². The molecule has 0 radical (unpaired) electrons. The molecule has 0 amide bonds. The Morgan fingerprint density at radius 3 is 2.32 bits per heavy atom. The first-order valence-electron chi connectivity index (χ1n) is 11.8. The minimum absolute atomic E-state index is 0.665. The molecule has 0 saturated carbocycles. The highest BCUT2D eigenvalue weighted by Crippen LogP contribution is 2.33. The number of hydrogen-bond donors (Lipinski definition) is 0. The SMILES string of the molecule is CCCCn1c(-c2c(CC)cccc2CC)nc(Cl)c1CN1CCc2ccccc2C1. The Kier molecular flexibility index (Phi) is 7.14. The van der Waals surface area contributed by atoms with E-state index in [4.69, 9.17) is 16.6 Å². The van der Waals surface area contributed by atoms with Crippen molar-refractivity contribution in [3.63, 3.8) is 0 Å². The third-order valence-electron chi connectivity index (χ3n) is 6.56. The van der Waals surface area contributed by atoms with Crippen molar-refractivity contribution >= 4 is 11.6 Å². The van der Waals surface area contributed by atoms with E-state index in [1.54, 1.807) is 0 Å². The van der Waals surface area contributed by atoms with Crippen LogP contribution in [0, 0.1) is 0 Å². The normalized spacial score (nSPS) is 14.1. The fraction of sp³-hybridized carbons (Fsp3) is 0.444. The molecule has 0 N–H and O–H groups in total. The minimum Gasteiger partial charge on any atom is -0.325 e. The van der Waals surface area contributed by atoms with Crippen molar-refractivity contribution < 1.29 is 0 Å². The maximum atomic E-state index is 6.83. The van der Waals surface area contributed by atoms with Crippen LogP contribution in [0.2, 0.25) is 5.15 Å². The number of unbranched alkanes of at least 4 members (excludes halogenated alkanes) is 1. The molecule has 0 bridgehead atoms. The van der Waals surface area contributed by atoms with Gasteiger partial charge in [-0.05, 0) is 47.9 Å². The lowest BCUT2D eigenvalue weighted by atomic mass is 9.97. The number of benzene rings is 2. The van der Waals surface area contributed by atoms with Crippen molar-refractivity contribution in [2.75, 3.05) is 6.54 Å². The van der Waals surface area contributed by atoms with Crippen LogP contribution in [0.1, 0.15) is 61.6 Å². The highest BCUT2D eigenvalue weighted by atomic mass is 35.5. The van der Waals surface area contributed by atoms with Crippen molar-refractivity contribution in [2.45, 2.75) is 72.5 Å². The number of hydrogen-bond acceptors (Lipinski definition) is 2. The first-order chi connectivity index (χ1) is 15.2. The van der Waals surface area contributed by atoms with Crippen molar-refractivity contribution in [2.24, 2.45) is 0 Å². The summed E-state index contributed by atoms with van der Waals surface area (Å²) in [6, 6.07) is 15.5. The van der Waals surface area contributed by atoms with Crippen LogP contribution >= 0.6 is 11.6 Å². The fourth-order valence-electron chi connectivity index (χ4n) is 4.79. The van der Waals surface area contributed by atoms with Crippen LogP contribution in [0.25, 0.3) is 11.4 Å². The fourth-order valence-corrected chi connectivity index (χ4v) is 5.03. The minimum atomic E-state index is 0.665. The molecular formula is C27H34ClN3. The molecule has 0 unspecified atom stereocenters. The molecule has 4 heteroatoms. The zero-order chi connectivity index (χ0) is 21.8. The Hall–Kier alpha value is -2.10. The smallest absolute Gasteiger partial charge is 0.152 e. The van der Waals surface area contributed by atoms with Crippen molar-refractivity contribution in [3.05, 3.63) is 75.6 Å². The zero-order valence-electron chi connectivity index (χ0n) is 19.1. The standard InChI is InChI=1S/C27H34ClN3/c1-4-7-16-31-24(19-30-17-15-22-11-8-9-12-23(22)18-30)26(28)29-27(31)25-20(5-2)13-10-14-21(25)6-3/h8-14H,4-7,15-19H2,1-3H3. The molecule has 2 heterocycles. The molecule has 164 valence electrons. The van der Waals surface area contributed by atoms with Gasteiger partial charge in [0, 0.05) is 31.7 Å². The van der Waals surface area contributed by atoms with E-state index in [2.05, 4.69) is 72.7 Å². The molecule has 0 spiro atoms. The number of aryl methyl sites for hydroxylation is 2. The van der Waals surface area contributed by atoms with Gasteiger partial charge in [0.2, 0.25) is 0 Å². The molecule has 3 nitrogen and oxygen atoms in total. The summed E-state index contributed by atoms with van der Waals surface area (Å²) in [6.45, 7) is 10.6. The third-order valence-corrected chi connectivity index (χ3v) is 6.87. The molecule has 0 atom stereocenters. The van der Waals surface area contributed by atoms with E-state index in [1.807, 2.05) is 0 Å². The second-order valence-corrected chi connectivity index (χ2v) is 8.92. The number of halogens is 1. The van der Waals surface area contributed by atoms with E-state index in [0.29, 0.717) is 5.15 Å². The summed E-state index contributed by atoms with van der Waals surface area (Å²) in [4.78, 5) is 7.48. The Bertz CT molecular complexity index is 1010. The average Bonchev–Trinajstić information content (AvgIpc) is 3.11. The first-order valence-corrected chi connectivity index (χ1v) is 12.2. The predicted octanol–water partition coefficient (Wildman–Crippen LogP) is 6.69. The summed E-state index contributed by atoms with van der Waals surface area (Å²) in [6.07, 6.45) is 5.38. The van der Waals surface area contributed by atoms with E-state index in [9.17, 15) is 0 Å². The summed E-state index contributed by atoms with van der Waals surface area (Å²) in [5.41, 5.74) is 8.09. The van der Waals surface area contributed by atoms with Gasteiger partial charge < -0.3 is 4.57 Å². The Morgan fingerprint density at radius 2 is 1.65 bits per heavy atom. The third kappa shape index (κ3) is 4.58. The monoisotopic (exact) mass is 435 g/mol. The maximum Gasteiger partial charge on any atom is 0.152 e. The van der Waals surface area contributed by atoms with Gasteiger partial charge in [-0.15, -0.1) is 0 Å². The molecule has 1 aliphatic heterocycles. The number of fused-ring (bicyclic) bond motifs is 1. The Labute approximate surface area is 192 Å². The van der Waals surface area contributed by atoms with Gasteiger partial charge in [0.05, 0.1) is 5.69 Å². The van der Waals surface area contributed by atoms with Crippen LogP contribution < -0.4 is 0 Å². The van der Waals surface area contributed by atoms with E-state index in [0.717, 1.165) is 69.8 Å². The number of imidazole rings is 1. The van der Waals surface area contributed by atoms with Crippen LogP contribution in [0.15, 0.2) is 42.5 Å². The van der Waals surface area contributed by atoms with Gasteiger partial charge >= 0.3 is 0 Å². The van der Waals surface area contributed by atoms with Crippen LogP contribution in [0.3, 0.4) is 0 Å². The summed E-state index contributed by atoms with van der Waals surface area (Å²) in [5.74, 6) is 1.06. The summed E-state index contributed by atoms with van der Waals surface area (Å²) in [5, 5.41) is 0.665.